The molecule has 0 fully saturated rings. The van der Waals surface area contributed by atoms with Crippen molar-refractivity contribution in [3.05, 3.63) is 66.2 Å². The molecule has 0 N–H and O–H groups in total. The fourth-order valence-electron chi connectivity index (χ4n) is 2.07. The third kappa shape index (κ3) is 3.32. The summed E-state index contributed by atoms with van der Waals surface area (Å²) < 4.78 is 0. The van der Waals surface area contributed by atoms with Crippen molar-refractivity contribution in [2.45, 2.75) is 13.3 Å². The molecule has 102 valence electrons. The third-order valence-electron chi connectivity index (χ3n) is 3.09. The van der Waals surface area contributed by atoms with Gasteiger partial charge in [-0.15, -0.1) is 0 Å². The lowest BCUT2D eigenvalue weighted by Crippen LogP contribution is -2.32. The molecule has 0 aliphatic rings. The molecule has 0 saturated carbocycles. The molecule has 20 heavy (non-hydrogen) atoms. The molecule has 0 radical (unpaired) electrons. The van der Waals surface area contributed by atoms with Gasteiger partial charge in [0, 0.05) is 17.8 Å². The van der Waals surface area contributed by atoms with E-state index in [1.54, 1.807) is 29.2 Å². The van der Waals surface area contributed by atoms with Crippen LogP contribution in [0.4, 0.5) is 5.69 Å². The Kier molecular flexibility index (Phi) is 4.66. The van der Waals surface area contributed by atoms with Gasteiger partial charge in [0.15, 0.2) is 5.78 Å². The van der Waals surface area contributed by atoms with Gasteiger partial charge >= 0.3 is 0 Å². The van der Waals surface area contributed by atoms with E-state index in [4.69, 9.17) is 0 Å². The van der Waals surface area contributed by atoms with Crippen LogP contribution >= 0.6 is 0 Å². The van der Waals surface area contributed by atoms with Crippen molar-refractivity contribution in [1.82, 2.24) is 0 Å². The number of nitrogens with zero attached hydrogens (tertiary/aromatic N) is 1. The molecule has 0 saturated heterocycles. The number of amides is 1. The number of hydrogen-bond acceptors (Lipinski definition) is 2. The maximum atomic E-state index is 12.3. The monoisotopic (exact) mass is 267 g/mol. The first-order valence-electron chi connectivity index (χ1n) is 6.66. The second-order valence-corrected chi connectivity index (χ2v) is 4.44. The molecule has 0 unspecified atom stereocenters. The summed E-state index contributed by atoms with van der Waals surface area (Å²) in [6, 6.07) is 18.3. The number of hydrogen-bond donors (Lipinski definition) is 0. The number of carbonyl (C=O) groups excluding carboxylic acids is 2. The second-order valence-electron chi connectivity index (χ2n) is 4.44. The lowest BCUT2D eigenvalue weighted by Gasteiger charge is -2.20. The highest BCUT2D eigenvalue weighted by molar-refractivity contribution is 6.11. The van der Waals surface area contributed by atoms with E-state index < -0.39 is 0 Å². The summed E-state index contributed by atoms with van der Waals surface area (Å²) in [5, 5.41) is 0. The van der Waals surface area contributed by atoms with Crippen LogP contribution in [-0.4, -0.2) is 18.2 Å². The molecule has 3 nitrogen and oxygen atoms in total. The van der Waals surface area contributed by atoms with Crippen molar-refractivity contribution in [3.8, 4) is 0 Å². The van der Waals surface area contributed by atoms with Gasteiger partial charge in [-0.2, -0.15) is 0 Å². The summed E-state index contributed by atoms with van der Waals surface area (Å²) in [6.45, 7) is 2.45. The average Bonchev–Trinajstić information content (AvgIpc) is 2.50. The van der Waals surface area contributed by atoms with Crippen molar-refractivity contribution >= 4 is 17.4 Å². The van der Waals surface area contributed by atoms with Crippen LogP contribution in [0.25, 0.3) is 0 Å². The summed E-state index contributed by atoms with van der Waals surface area (Å²) in [5.41, 5.74) is 1.39. The summed E-state index contributed by atoms with van der Waals surface area (Å²) >= 11 is 0. The molecule has 0 aliphatic carbocycles. The molecule has 0 aliphatic heterocycles. The standard InChI is InChI=1S/C17H17NO2/c1-2-18(15-11-7-4-8-12-15)17(20)13-16(19)14-9-5-3-6-10-14/h3-12H,2,13H2,1H3. The van der Waals surface area contributed by atoms with Gasteiger partial charge in [0.25, 0.3) is 0 Å². The topological polar surface area (TPSA) is 37.4 Å². The Morgan fingerprint density at radius 2 is 1.45 bits per heavy atom. The minimum Gasteiger partial charge on any atom is -0.312 e. The van der Waals surface area contributed by atoms with Crippen LogP contribution in [0.15, 0.2) is 60.7 Å². The molecular weight excluding hydrogens is 250 g/mol. The van der Waals surface area contributed by atoms with E-state index in [0.717, 1.165) is 5.69 Å². The van der Waals surface area contributed by atoms with Crippen LogP contribution in [0.3, 0.4) is 0 Å². The molecular formula is C17H17NO2. The Morgan fingerprint density at radius 3 is 2.00 bits per heavy atom. The van der Waals surface area contributed by atoms with E-state index >= 15 is 0 Å². The lowest BCUT2D eigenvalue weighted by atomic mass is 10.1. The summed E-state index contributed by atoms with van der Waals surface area (Å²) in [6.07, 6.45) is -0.104. The molecule has 1 amide bonds. The zero-order valence-corrected chi connectivity index (χ0v) is 11.5. The van der Waals surface area contributed by atoms with Crippen molar-refractivity contribution in [1.29, 1.82) is 0 Å². The number of rotatable bonds is 5. The molecule has 0 bridgehead atoms. The number of ketones is 1. The minimum atomic E-state index is -0.174. The summed E-state index contributed by atoms with van der Waals surface area (Å²) in [5.74, 6) is -0.322. The Hall–Kier alpha value is -2.42. The zero-order chi connectivity index (χ0) is 14.4. The maximum Gasteiger partial charge on any atom is 0.234 e. The lowest BCUT2D eigenvalue weighted by molar-refractivity contribution is -0.117. The van der Waals surface area contributed by atoms with Crippen LogP contribution < -0.4 is 4.90 Å². The van der Waals surface area contributed by atoms with Crippen molar-refractivity contribution in [2.75, 3.05) is 11.4 Å². The number of carbonyl (C=O) groups is 2. The van der Waals surface area contributed by atoms with Crippen LogP contribution in [0, 0.1) is 0 Å². The highest BCUT2D eigenvalue weighted by Crippen LogP contribution is 2.15. The van der Waals surface area contributed by atoms with Gasteiger partial charge in [-0.25, -0.2) is 0 Å². The fraction of sp³-hybridized carbons (Fsp3) is 0.176. The highest BCUT2D eigenvalue weighted by Gasteiger charge is 2.18. The van der Waals surface area contributed by atoms with E-state index in [0.29, 0.717) is 12.1 Å². The Morgan fingerprint density at radius 1 is 0.900 bits per heavy atom. The zero-order valence-electron chi connectivity index (χ0n) is 11.5. The largest absolute Gasteiger partial charge is 0.312 e. The third-order valence-corrected chi connectivity index (χ3v) is 3.09. The molecule has 0 spiro atoms. The quantitative estimate of drug-likeness (QED) is 0.615. The maximum absolute atomic E-state index is 12.3. The molecule has 0 aromatic heterocycles. The van der Waals surface area contributed by atoms with Gasteiger partial charge < -0.3 is 4.90 Å². The van der Waals surface area contributed by atoms with E-state index in [9.17, 15) is 9.59 Å². The Bertz CT molecular complexity index is 578. The van der Waals surface area contributed by atoms with Gasteiger partial charge in [-0.3, -0.25) is 9.59 Å². The first-order valence-corrected chi connectivity index (χ1v) is 6.66. The van der Waals surface area contributed by atoms with Crippen molar-refractivity contribution in [3.63, 3.8) is 0 Å². The molecule has 2 aromatic carbocycles. The predicted molar refractivity (Wildman–Crippen MR) is 79.9 cm³/mol. The van der Waals surface area contributed by atoms with Crippen molar-refractivity contribution in [2.24, 2.45) is 0 Å². The van der Waals surface area contributed by atoms with Gasteiger partial charge in [-0.05, 0) is 19.1 Å². The average molecular weight is 267 g/mol. The number of anilines is 1. The SMILES string of the molecule is CCN(C(=O)CC(=O)c1ccccc1)c1ccccc1. The first kappa shape index (κ1) is 14.0. The van der Waals surface area contributed by atoms with Gasteiger partial charge in [0.1, 0.15) is 0 Å². The minimum absolute atomic E-state index is 0.104. The summed E-state index contributed by atoms with van der Waals surface area (Å²) in [4.78, 5) is 25.9. The van der Waals surface area contributed by atoms with E-state index in [-0.39, 0.29) is 18.1 Å². The fourth-order valence-corrected chi connectivity index (χ4v) is 2.07. The normalized spacial score (nSPS) is 10.1. The van der Waals surface area contributed by atoms with Gasteiger partial charge in [-0.1, -0.05) is 48.5 Å². The van der Waals surface area contributed by atoms with Crippen molar-refractivity contribution < 1.29 is 9.59 Å². The van der Waals surface area contributed by atoms with Crippen LogP contribution in [0.1, 0.15) is 23.7 Å². The molecule has 2 aromatic rings. The van der Waals surface area contributed by atoms with Gasteiger partial charge in [0.2, 0.25) is 5.91 Å². The van der Waals surface area contributed by atoms with Crippen LogP contribution in [-0.2, 0) is 4.79 Å². The summed E-state index contributed by atoms with van der Waals surface area (Å²) in [7, 11) is 0. The Balaban J connectivity index is 2.09. The molecule has 0 atom stereocenters. The predicted octanol–water partition coefficient (Wildman–Crippen LogP) is 3.31. The van der Waals surface area contributed by atoms with Crippen LogP contribution in [0.2, 0.25) is 0 Å². The molecule has 2 rings (SSSR count). The number of Topliss-reactive ketones (excluding diaryl/α,β-unsaturated/α-hetero) is 1. The van der Waals surface area contributed by atoms with Gasteiger partial charge in [0.05, 0.1) is 6.42 Å². The van der Waals surface area contributed by atoms with E-state index in [1.807, 2.05) is 43.3 Å². The number of para-hydroxylation sites is 1. The van der Waals surface area contributed by atoms with E-state index in [2.05, 4.69) is 0 Å². The first-order chi connectivity index (χ1) is 9.72. The molecule has 3 heteroatoms. The molecule has 0 heterocycles. The smallest absolute Gasteiger partial charge is 0.234 e. The highest BCUT2D eigenvalue weighted by atomic mass is 16.2. The number of benzene rings is 2. The van der Waals surface area contributed by atoms with Crippen LogP contribution in [0.5, 0.6) is 0 Å². The second kappa shape index (κ2) is 6.66. The Labute approximate surface area is 118 Å². The van der Waals surface area contributed by atoms with E-state index in [1.165, 1.54) is 0 Å².